The third-order valence-corrected chi connectivity index (χ3v) is 4.01. The molecule has 2 aliphatic heterocycles. The fraction of sp³-hybridized carbons (Fsp3) is 0.846. The average Bonchev–Trinajstić information content (AvgIpc) is 2.87. The van der Waals surface area contributed by atoms with Crippen molar-refractivity contribution < 1.29 is 14.7 Å². The van der Waals surface area contributed by atoms with Gasteiger partial charge in [0.25, 0.3) is 0 Å². The quantitative estimate of drug-likeness (QED) is 0.780. The number of carbonyl (C=O) groups is 2. The zero-order chi connectivity index (χ0) is 13.0. The van der Waals surface area contributed by atoms with Gasteiger partial charge in [0.1, 0.15) is 0 Å². The minimum atomic E-state index is -0.778. The predicted molar refractivity (Wildman–Crippen MR) is 67.2 cm³/mol. The van der Waals surface area contributed by atoms with Gasteiger partial charge in [-0.2, -0.15) is 0 Å². The molecule has 18 heavy (non-hydrogen) atoms. The van der Waals surface area contributed by atoms with Gasteiger partial charge in [-0.25, -0.2) is 0 Å². The van der Waals surface area contributed by atoms with Crippen molar-refractivity contribution in [3.8, 4) is 0 Å². The smallest absolute Gasteiger partial charge is 0.308 e. The highest BCUT2D eigenvalue weighted by Gasteiger charge is 2.30. The van der Waals surface area contributed by atoms with Crippen molar-refractivity contribution in [3.63, 3.8) is 0 Å². The van der Waals surface area contributed by atoms with Crippen LogP contribution in [-0.2, 0) is 9.59 Å². The van der Waals surface area contributed by atoms with E-state index in [2.05, 4.69) is 5.32 Å². The van der Waals surface area contributed by atoms with Crippen molar-refractivity contribution in [3.05, 3.63) is 0 Å². The van der Waals surface area contributed by atoms with Gasteiger partial charge in [0, 0.05) is 25.6 Å². The first-order chi connectivity index (χ1) is 8.66. The van der Waals surface area contributed by atoms with Gasteiger partial charge >= 0.3 is 5.97 Å². The van der Waals surface area contributed by atoms with E-state index in [4.69, 9.17) is 5.11 Å². The van der Waals surface area contributed by atoms with Crippen LogP contribution in [0.25, 0.3) is 0 Å². The number of nitrogens with one attached hydrogen (secondary N) is 1. The number of likely N-dealkylation sites (tertiary alicyclic amines) is 1. The SMILES string of the molecule is O=C(O)C1CCN(C(=O)CCC2CCCCN2)C1. The molecular weight excluding hydrogens is 232 g/mol. The Kier molecular flexibility index (Phi) is 4.58. The molecular formula is C13H22N2O3. The minimum absolute atomic E-state index is 0.117. The van der Waals surface area contributed by atoms with Crippen molar-refractivity contribution in [2.75, 3.05) is 19.6 Å². The molecule has 2 heterocycles. The molecule has 102 valence electrons. The number of hydrogen-bond acceptors (Lipinski definition) is 3. The summed E-state index contributed by atoms with van der Waals surface area (Å²) in [7, 11) is 0. The lowest BCUT2D eigenvalue weighted by Gasteiger charge is -2.24. The first-order valence-electron chi connectivity index (χ1n) is 6.91. The lowest BCUT2D eigenvalue weighted by molar-refractivity contribution is -0.141. The summed E-state index contributed by atoms with van der Waals surface area (Å²) < 4.78 is 0. The van der Waals surface area contributed by atoms with Crippen molar-refractivity contribution in [1.29, 1.82) is 0 Å². The maximum atomic E-state index is 12.0. The molecule has 2 aliphatic rings. The molecule has 2 N–H and O–H groups in total. The van der Waals surface area contributed by atoms with E-state index >= 15 is 0 Å². The molecule has 0 bridgehead atoms. The summed E-state index contributed by atoms with van der Waals surface area (Å²) in [5.74, 6) is -1.02. The number of amides is 1. The van der Waals surface area contributed by atoms with Crippen LogP contribution in [0, 0.1) is 5.92 Å². The Bertz CT molecular complexity index is 313. The Hall–Kier alpha value is -1.10. The monoisotopic (exact) mass is 254 g/mol. The van der Waals surface area contributed by atoms with Crippen molar-refractivity contribution >= 4 is 11.9 Å². The molecule has 2 fully saturated rings. The molecule has 1 amide bonds. The van der Waals surface area contributed by atoms with E-state index in [1.165, 1.54) is 12.8 Å². The van der Waals surface area contributed by atoms with Crippen LogP contribution in [0.2, 0.25) is 0 Å². The second kappa shape index (κ2) is 6.18. The van der Waals surface area contributed by atoms with E-state index in [9.17, 15) is 9.59 Å². The zero-order valence-electron chi connectivity index (χ0n) is 10.7. The average molecular weight is 254 g/mol. The van der Waals surface area contributed by atoms with Gasteiger partial charge < -0.3 is 15.3 Å². The van der Waals surface area contributed by atoms with Gasteiger partial charge in [0.2, 0.25) is 5.91 Å². The minimum Gasteiger partial charge on any atom is -0.481 e. The van der Waals surface area contributed by atoms with Crippen LogP contribution in [-0.4, -0.2) is 47.6 Å². The van der Waals surface area contributed by atoms with Gasteiger partial charge in [-0.3, -0.25) is 9.59 Å². The van der Waals surface area contributed by atoms with Gasteiger partial charge in [-0.15, -0.1) is 0 Å². The largest absolute Gasteiger partial charge is 0.481 e. The van der Waals surface area contributed by atoms with E-state index in [1.54, 1.807) is 4.90 Å². The van der Waals surface area contributed by atoms with E-state index in [-0.39, 0.29) is 11.8 Å². The summed E-state index contributed by atoms with van der Waals surface area (Å²) in [4.78, 5) is 24.5. The molecule has 0 aliphatic carbocycles. The van der Waals surface area contributed by atoms with E-state index < -0.39 is 5.97 Å². The summed E-state index contributed by atoms with van der Waals surface area (Å²) in [6, 6.07) is 0.473. The number of carboxylic acid groups (broad SMARTS) is 1. The molecule has 5 heteroatoms. The molecule has 0 aromatic heterocycles. The summed E-state index contributed by atoms with van der Waals surface area (Å²) in [6.45, 7) is 2.06. The molecule has 0 saturated carbocycles. The molecule has 0 radical (unpaired) electrons. The molecule has 0 aromatic rings. The van der Waals surface area contributed by atoms with Crippen LogP contribution in [0.15, 0.2) is 0 Å². The standard InChI is InChI=1S/C13H22N2O3/c16-12(5-4-11-3-1-2-7-14-11)15-8-6-10(9-15)13(17)18/h10-11,14H,1-9H2,(H,17,18). The first kappa shape index (κ1) is 13.3. The Morgan fingerprint density at radius 3 is 2.72 bits per heavy atom. The van der Waals surface area contributed by atoms with Crippen LogP contribution in [0.5, 0.6) is 0 Å². The van der Waals surface area contributed by atoms with E-state index in [0.29, 0.717) is 32.0 Å². The van der Waals surface area contributed by atoms with Crippen LogP contribution < -0.4 is 5.32 Å². The van der Waals surface area contributed by atoms with Crippen molar-refractivity contribution in [1.82, 2.24) is 10.2 Å². The van der Waals surface area contributed by atoms with Crippen LogP contribution in [0.4, 0.5) is 0 Å². The second-order valence-electron chi connectivity index (χ2n) is 5.35. The van der Waals surface area contributed by atoms with Gasteiger partial charge in [0.15, 0.2) is 0 Å². The highest BCUT2D eigenvalue weighted by molar-refractivity contribution is 5.78. The number of aliphatic carboxylic acids is 1. The third-order valence-electron chi connectivity index (χ3n) is 4.01. The third kappa shape index (κ3) is 3.45. The maximum Gasteiger partial charge on any atom is 0.308 e. The zero-order valence-corrected chi connectivity index (χ0v) is 10.7. The van der Waals surface area contributed by atoms with Crippen molar-refractivity contribution in [2.45, 2.75) is 44.6 Å². The maximum absolute atomic E-state index is 12.0. The number of hydrogen-bond donors (Lipinski definition) is 2. The fourth-order valence-corrected chi connectivity index (χ4v) is 2.81. The Morgan fingerprint density at radius 1 is 1.28 bits per heavy atom. The highest BCUT2D eigenvalue weighted by Crippen LogP contribution is 2.19. The van der Waals surface area contributed by atoms with Crippen LogP contribution in [0.3, 0.4) is 0 Å². The van der Waals surface area contributed by atoms with E-state index in [0.717, 1.165) is 19.4 Å². The van der Waals surface area contributed by atoms with Crippen LogP contribution in [0.1, 0.15) is 38.5 Å². The number of carboxylic acids is 1. The van der Waals surface area contributed by atoms with Gasteiger partial charge in [0.05, 0.1) is 5.92 Å². The van der Waals surface area contributed by atoms with E-state index in [1.807, 2.05) is 0 Å². The Labute approximate surface area is 108 Å². The van der Waals surface area contributed by atoms with Crippen molar-refractivity contribution in [2.24, 2.45) is 5.92 Å². The fourth-order valence-electron chi connectivity index (χ4n) is 2.81. The lowest BCUT2D eigenvalue weighted by atomic mass is 10.0. The predicted octanol–water partition coefficient (Wildman–Crippen LogP) is 0.842. The molecule has 2 rings (SSSR count). The number of carbonyl (C=O) groups excluding carboxylic acids is 1. The Balaban J connectivity index is 1.70. The number of rotatable bonds is 4. The van der Waals surface area contributed by atoms with Gasteiger partial charge in [-0.1, -0.05) is 6.42 Å². The second-order valence-corrected chi connectivity index (χ2v) is 5.35. The molecule has 2 saturated heterocycles. The number of nitrogens with zero attached hydrogens (tertiary/aromatic N) is 1. The summed E-state index contributed by atoms with van der Waals surface area (Å²) in [6.07, 6.45) is 5.67. The number of piperidine rings is 1. The molecule has 0 spiro atoms. The summed E-state index contributed by atoms with van der Waals surface area (Å²) >= 11 is 0. The molecule has 2 unspecified atom stereocenters. The van der Waals surface area contributed by atoms with Gasteiger partial charge in [-0.05, 0) is 32.2 Å². The lowest BCUT2D eigenvalue weighted by Crippen LogP contribution is -2.36. The first-order valence-corrected chi connectivity index (χ1v) is 6.91. The summed E-state index contributed by atoms with van der Waals surface area (Å²) in [5.41, 5.74) is 0. The molecule has 0 aromatic carbocycles. The summed E-state index contributed by atoms with van der Waals surface area (Å²) in [5, 5.41) is 12.3. The van der Waals surface area contributed by atoms with Crippen LogP contribution >= 0.6 is 0 Å². The highest BCUT2D eigenvalue weighted by atomic mass is 16.4. The topological polar surface area (TPSA) is 69.6 Å². The molecule has 2 atom stereocenters. The normalized spacial score (nSPS) is 28.3. The Morgan fingerprint density at radius 2 is 2.11 bits per heavy atom. The molecule has 5 nitrogen and oxygen atoms in total.